The zero-order valence-corrected chi connectivity index (χ0v) is 18.4. The third-order valence-electron chi connectivity index (χ3n) is 4.67. The Balaban J connectivity index is 2.61. The largest absolute Gasteiger partial charge is 0.468 e. The van der Waals surface area contributed by atoms with Gasteiger partial charge in [0.25, 0.3) is 0 Å². The van der Waals surface area contributed by atoms with E-state index in [0.717, 1.165) is 5.75 Å². The summed E-state index contributed by atoms with van der Waals surface area (Å²) in [6.45, 7) is 16.9. The fourth-order valence-corrected chi connectivity index (χ4v) is 3.53. The van der Waals surface area contributed by atoms with Gasteiger partial charge in [-0.05, 0) is 55.7 Å². The number of methoxy groups -OCH3 is 1. The molecule has 1 N–H and O–H groups in total. The van der Waals surface area contributed by atoms with Crippen LogP contribution in [-0.4, -0.2) is 31.6 Å². The molecule has 1 aromatic carbocycles. The van der Waals surface area contributed by atoms with Gasteiger partial charge in [0.1, 0.15) is 18.0 Å². The number of rotatable bonds is 9. The van der Waals surface area contributed by atoms with Gasteiger partial charge in [-0.25, -0.2) is 0 Å². The van der Waals surface area contributed by atoms with E-state index < -0.39 is 11.8 Å². The molecule has 0 heterocycles. The Labute approximate surface area is 164 Å². The number of benzene rings is 1. The van der Waals surface area contributed by atoms with Crippen LogP contribution in [0.5, 0.6) is 5.75 Å². The van der Waals surface area contributed by atoms with Gasteiger partial charge in [0, 0.05) is 0 Å². The van der Waals surface area contributed by atoms with Crippen LogP contribution >= 0.6 is 0 Å². The van der Waals surface area contributed by atoms with Gasteiger partial charge in [0.15, 0.2) is 6.29 Å². The Morgan fingerprint density at radius 1 is 1.04 bits per heavy atom. The highest BCUT2D eigenvalue weighted by molar-refractivity contribution is 5.79. The predicted molar refractivity (Wildman–Crippen MR) is 109 cm³/mol. The molecule has 0 bridgehead atoms. The highest BCUT2D eigenvalue weighted by Crippen LogP contribution is 2.40. The van der Waals surface area contributed by atoms with Crippen LogP contribution in [0.2, 0.25) is 0 Å². The summed E-state index contributed by atoms with van der Waals surface area (Å²) in [5.74, 6) is 1.46. The highest BCUT2D eigenvalue weighted by atomic mass is 16.7. The maximum atomic E-state index is 11.6. The molecule has 0 spiro atoms. The van der Waals surface area contributed by atoms with Crippen molar-refractivity contribution in [2.75, 3.05) is 13.8 Å². The van der Waals surface area contributed by atoms with E-state index in [0.29, 0.717) is 11.8 Å². The van der Waals surface area contributed by atoms with Crippen LogP contribution in [0.1, 0.15) is 66.9 Å². The molecule has 0 radical (unpaired) electrons. The molecule has 154 valence electrons. The minimum Gasteiger partial charge on any atom is -0.468 e. The van der Waals surface area contributed by atoms with Crippen molar-refractivity contribution >= 4 is 5.97 Å². The summed E-state index contributed by atoms with van der Waals surface area (Å²) in [6, 6.07) is 8.25. The summed E-state index contributed by atoms with van der Waals surface area (Å²) in [6.07, 6.45) is -0.444. The van der Waals surface area contributed by atoms with Gasteiger partial charge in [-0.3, -0.25) is 10.1 Å². The fourth-order valence-electron chi connectivity index (χ4n) is 3.53. The number of ether oxygens (including phenoxy) is 3. The first-order valence-electron chi connectivity index (χ1n) is 9.60. The molecular weight excluding hydrogens is 342 g/mol. The van der Waals surface area contributed by atoms with Crippen molar-refractivity contribution in [3.05, 3.63) is 29.8 Å². The zero-order chi connectivity index (χ0) is 20.8. The summed E-state index contributed by atoms with van der Waals surface area (Å²) in [7, 11) is 1.37. The predicted octanol–water partition coefficient (Wildman–Crippen LogP) is 4.71. The van der Waals surface area contributed by atoms with Crippen LogP contribution in [0.3, 0.4) is 0 Å². The van der Waals surface area contributed by atoms with E-state index in [9.17, 15) is 4.79 Å². The molecule has 0 saturated carbocycles. The summed E-state index contributed by atoms with van der Waals surface area (Å²) < 4.78 is 16.2. The Morgan fingerprint density at radius 2 is 1.59 bits per heavy atom. The van der Waals surface area contributed by atoms with E-state index >= 15 is 0 Å². The average Bonchev–Trinajstić information content (AvgIpc) is 2.53. The number of hydrogen-bond donors (Lipinski definition) is 1. The molecule has 1 rings (SSSR count). The van der Waals surface area contributed by atoms with Gasteiger partial charge in [0.05, 0.1) is 7.11 Å². The van der Waals surface area contributed by atoms with Gasteiger partial charge >= 0.3 is 5.97 Å². The van der Waals surface area contributed by atoms with Crippen LogP contribution in [0.15, 0.2) is 24.3 Å². The second-order valence-electron chi connectivity index (χ2n) is 8.95. The number of esters is 1. The van der Waals surface area contributed by atoms with Crippen LogP contribution in [-0.2, 0) is 14.3 Å². The molecule has 2 atom stereocenters. The Hall–Kier alpha value is -1.59. The van der Waals surface area contributed by atoms with Gasteiger partial charge in [-0.2, -0.15) is 0 Å². The van der Waals surface area contributed by atoms with Crippen molar-refractivity contribution < 1.29 is 19.0 Å². The molecule has 0 aliphatic heterocycles. The van der Waals surface area contributed by atoms with Crippen LogP contribution in [0, 0.1) is 11.3 Å². The Bertz CT molecular complexity index is 587. The van der Waals surface area contributed by atoms with E-state index in [1.807, 2.05) is 19.1 Å². The first kappa shape index (κ1) is 23.4. The first-order valence-corrected chi connectivity index (χ1v) is 9.60. The molecule has 0 saturated heterocycles. The quantitative estimate of drug-likeness (QED) is 0.497. The monoisotopic (exact) mass is 379 g/mol. The van der Waals surface area contributed by atoms with Crippen molar-refractivity contribution in [1.82, 2.24) is 5.32 Å². The van der Waals surface area contributed by atoms with Gasteiger partial charge in [-0.1, -0.05) is 46.8 Å². The molecule has 2 unspecified atom stereocenters. The maximum absolute atomic E-state index is 11.6. The molecule has 0 aliphatic carbocycles. The minimum absolute atomic E-state index is 0.181. The van der Waals surface area contributed by atoms with Crippen LogP contribution in [0.25, 0.3) is 0 Å². The second-order valence-corrected chi connectivity index (χ2v) is 8.95. The van der Waals surface area contributed by atoms with Crippen molar-refractivity contribution in [2.24, 2.45) is 11.3 Å². The number of carbonyl (C=O) groups excluding carboxylic acids is 1. The fraction of sp³-hybridized carbons (Fsp3) is 0.682. The molecule has 5 nitrogen and oxygen atoms in total. The Kier molecular flexibility index (Phi) is 8.30. The lowest BCUT2D eigenvalue weighted by molar-refractivity contribution is -0.149. The molecule has 0 aliphatic rings. The van der Waals surface area contributed by atoms with Crippen molar-refractivity contribution in [3.63, 3.8) is 0 Å². The van der Waals surface area contributed by atoms with Crippen molar-refractivity contribution in [1.29, 1.82) is 0 Å². The average molecular weight is 380 g/mol. The smallest absolute Gasteiger partial charge is 0.325 e. The third kappa shape index (κ3) is 7.15. The van der Waals surface area contributed by atoms with Gasteiger partial charge < -0.3 is 14.2 Å². The second kappa shape index (κ2) is 9.56. The van der Waals surface area contributed by atoms with E-state index in [4.69, 9.17) is 14.2 Å². The van der Waals surface area contributed by atoms with E-state index in [1.165, 1.54) is 12.7 Å². The lowest BCUT2D eigenvalue weighted by Gasteiger charge is -2.34. The topological polar surface area (TPSA) is 56.8 Å². The standard InChI is InChI=1S/C22H37NO4/c1-15(2)19(21(4,5)6)17-10-12-18(13-11-17)27-16(3)26-14-23-22(7,8)20(24)25-9/h10-13,15-16,19,23H,14H2,1-9H3. The van der Waals surface area contributed by atoms with Gasteiger partial charge in [-0.15, -0.1) is 0 Å². The Morgan fingerprint density at radius 3 is 2.04 bits per heavy atom. The van der Waals surface area contributed by atoms with Crippen LogP contribution < -0.4 is 10.1 Å². The summed E-state index contributed by atoms with van der Waals surface area (Å²) in [5, 5.41) is 3.00. The molecule has 1 aromatic rings. The lowest BCUT2D eigenvalue weighted by Crippen LogP contribution is -2.48. The van der Waals surface area contributed by atoms with Crippen LogP contribution in [0.4, 0.5) is 0 Å². The summed E-state index contributed by atoms with van der Waals surface area (Å²) in [4.78, 5) is 11.6. The minimum atomic E-state index is -0.811. The third-order valence-corrected chi connectivity index (χ3v) is 4.67. The van der Waals surface area contributed by atoms with Gasteiger partial charge in [0.2, 0.25) is 0 Å². The number of hydrogen-bond acceptors (Lipinski definition) is 5. The molecule has 27 heavy (non-hydrogen) atoms. The normalized spacial score (nSPS) is 14.7. The molecule has 5 heteroatoms. The number of carbonyl (C=O) groups is 1. The molecule has 0 fully saturated rings. The maximum Gasteiger partial charge on any atom is 0.325 e. The number of nitrogens with one attached hydrogen (secondary N) is 1. The zero-order valence-electron chi connectivity index (χ0n) is 18.4. The highest BCUT2D eigenvalue weighted by Gasteiger charge is 2.29. The summed E-state index contributed by atoms with van der Waals surface area (Å²) in [5.41, 5.74) is 0.708. The first-order chi connectivity index (χ1) is 12.4. The van der Waals surface area contributed by atoms with Crippen molar-refractivity contribution in [3.8, 4) is 5.75 Å². The molecule has 0 amide bonds. The van der Waals surface area contributed by atoms with E-state index in [2.05, 4.69) is 52.1 Å². The lowest BCUT2D eigenvalue weighted by atomic mass is 9.70. The molecular formula is C22H37NO4. The van der Waals surface area contributed by atoms with E-state index in [1.54, 1.807) is 13.8 Å². The van der Waals surface area contributed by atoms with Crippen molar-refractivity contribution in [2.45, 2.75) is 73.1 Å². The van der Waals surface area contributed by atoms with E-state index in [-0.39, 0.29) is 18.1 Å². The summed E-state index contributed by atoms with van der Waals surface area (Å²) >= 11 is 0. The molecule has 0 aromatic heterocycles. The SMILES string of the molecule is COC(=O)C(C)(C)NCOC(C)Oc1ccc(C(C(C)C)C(C)(C)C)cc1.